The van der Waals surface area contributed by atoms with E-state index >= 15 is 0 Å². The van der Waals surface area contributed by atoms with Gasteiger partial charge in [-0.15, -0.1) is 0 Å². The summed E-state index contributed by atoms with van der Waals surface area (Å²) in [5.41, 5.74) is 5.51. The third-order valence-electron chi connectivity index (χ3n) is 9.00. The third-order valence-corrected chi connectivity index (χ3v) is 16.8. The molecule has 0 N–H and O–H groups in total. The first-order valence-corrected chi connectivity index (χ1v) is 20.5. The van der Waals surface area contributed by atoms with E-state index in [1.165, 1.54) is 32.9 Å². The number of hydrogen-bond acceptors (Lipinski definition) is 1. The second-order valence-corrected chi connectivity index (χ2v) is 29.1. The Morgan fingerprint density at radius 2 is 0.783 bits per heavy atom. The molecule has 2 aromatic carbocycles. The predicted octanol–water partition coefficient (Wildman–Crippen LogP) is 12.1. The summed E-state index contributed by atoms with van der Waals surface area (Å²) in [5, 5.41) is 3.65. The second kappa shape index (κ2) is 13.3. The summed E-state index contributed by atoms with van der Waals surface area (Å²) in [6.07, 6.45) is 0. The van der Waals surface area contributed by atoms with Gasteiger partial charge in [-0.25, -0.2) is 0 Å². The van der Waals surface area contributed by atoms with Crippen LogP contribution in [-0.4, -0.2) is 25.1 Å². The van der Waals surface area contributed by atoms with Gasteiger partial charge in [-0.05, 0) is 117 Å². The maximum absolute atomic E-state index is 10.2. The van der Waals surface area contributed by atoms with Gasteiger partial charge in [0.1, 0.15) is 10.6 Å². The summed E-state index contributed by atoms with van der Waals surface area (Å²) >= 11 is 1.63. The molecule has 0 bridgehead atoms. The van der Waals surface area contributed by atoms with E-state index in [1.54, 1.807) is 18.7 Å². The molecule has 0 fully saturated rings. The van der Waals surface area contributed by atoms with Crippen LogP contribution in [0, 0.1) is 0 Å². The van der Waals surface area contributed by atoms with E-state index in [1.807, 2.05) is 0 Å². The van der Waals surface area contributed by atoms with Crippen molar-refractivity contribution in [1.29, 1.82) is 0 Å². The molecule has 1 nitrogen and oxygen atoms in total. The van der Waals surface area contributed by atoms with Gasteiger partial charge in [-0.1, -0.05) is 67.5 Å². The van der Waals surface area contributed by atoms with Gasteiger partial charge >= 0.3 is 32.0 Å². The van der Waals surface area contributed by atoms with Gasteiger partial charge in [0.15, 0.2) is 11.5 Å². The van der Waals surface area contributed by atoms with Crippen LogP contribution >= 0.6 is 15.8 Å². The van der Waals surface area contributed by atoms with Gasteiger partial charge in [-0.3, -0.25) is 0 Å². The van der Waals surface area contributed by atoms with Crippen molar-refractivity contribution in [3.8, 4) is 11.5 Å². The average Bonchev–Trinajstić information content (AvgIpc) is 2.74. The molecule has 0 saturated carbocycles. The number of hydrogen-bond donors (Lipinski definition) is 0. The van der Waals surface area contributed by atoms with Gasteiger partial charge in [0.25, 0.3) is 0 Å². The molecular weight excluding hydrogens is 703 g/mol. The van der Waals surface area contributed by atoms with Crippen molar-refractivity contribution in [2.75, 3.05) is 0 Å². The van der Waals surface area contributed by atoms with Gasteiger partial charge < -0.3 is 4.74 Å². The molecule has 1 aliphatic heterocycles. The Morgan fingerprint density at radius 3 is 0.978 bits per heavy atom. The Labute approximate surface area is 295 Å². The van der Waals surface area contributed by atoms with Crippen molar-refractivity contribution in [2.45, 2.75) is 175 Å². The summed E-state index contributed by atoms with van der Waals surface area (Å²) in [5.74, 6) is 2.32. The summed E-state index contributed by atoms with van der Waals surface area (Å²) in [7, 11) is -2.13. The Bertz CT molecular complexity index is 1300. The number of fused-ring (bicyclic) bond motifs is 2. The zero-order valence-electron chi connectivity index (χ0n) is 32.8. The van der Waals surface area contributed by atoms with Crippen LogP contribution in [-0.2, 0) is 35.0 Å². The Balaban J connectivity index is 0.00000173. The van der Waals surface area contributed by atoms with E-state index in [0.29, 0.717) is 0 Å². The molecule has 3 rings (SSSR count). The molecule has 0 saturated heterocycles. The fraction of sp³-hybridized carbons (Fsp3) is 0.675. The second-order valence-electron chi connectivity index (χ2n) is 20.0. The minimum absolute atomic E-state index is 0.0515. The normalized spacial score (nSPS) is 15.6. The van der Waals surface area contributed by atoms with Gasteiger partial charge in [0.05, 0.1) is 20.6 Å². The van der Waals surface area contributed by atoms with E-state index < -0.39 is 20.3 Å². The monoisotopic (exact) mass is 768 g/mol. The van der Waals surface area contributed by atoms with E-state index in [4.69, 9.17) is 4.74 Å². The van der Waals surface area contributed by atoms with E-state index in [9.17, 15) is 8.78 Å². The van der Waals surface area contributed by atoms with Gasteiger partial charge in [-0.2, -0.15) is 0 Å². The fourth-order valence-corrected chi connectivity index (χ4v) is 16.9. The van der Waals surface area contributed by atoms with Crippen molar-refractivity contribution in [3.05, 3.63) is 46.5 Å². The summed E-state index contributed by atoms with van der Waals surface area (Å²) < 4.78 is 26.1. The zero-order chi connectivity index (χ0) is 36.4. The minimum atomic E-state index is -1.73. The van der Waals surface area contributed by atoms with Crippen molar-refractivity contribution < 1.29 is 32.3 Å². The van der Waals surface area contributed by atoms with Crippen molar-refractivity contribution in [3.63, 3.8) is 0 Å². The summed E-state index contributed by atoms with van der Waals surface area (Å²) in [6.45, 7) is 48.5. The van der Waals surface area contributed by atoms with E-state index in [0.717, 1.165) is 11.5 Å². The van der Waals surface area contributed by atoms with Crippen LogP contribution in [0.5, 0.6) is 11.5 Å². The quantitative estimate of drug-likeness (QED) is 0.218. The topological polar surface area (TPSA) is 9.23 Å². The van der Waals surface area contributed by atoms with Crippen LogP contribution in [0.3, 0.4) is 0 Å². The molecule has 264 valence electrons. The standard InChI is InChI=1S/C39H64OP2.CF2.Pd/c1-33(2,3)25-21-27-31(29(23-25)41(35(7,8)9)36(10,11)12)40-32-28(39(27,19)20)22-26(34(4,5)6)24-30(32)42(37(13,14)15)38(16,17)18;2-1-3;/h21-24H,1-20H3;;/p+2. The molecular formula is C40H66F2OP2Pd+2. The van der Waals surface area contributed by atoms with Crippen LogP contribution in [0.4, 0.5) is 8.78 Å². The van der Waals surface area contributed by atoms with E-state index in [2.05, 4.69) is 163 Å². The summed E-state index contributed by atoms with van der Waals surface area (Å²) in [4.78, 5) is 0. The first-order chi connectivity index (χ1) is 20.1. The van der Waals surface area contributed by atoms with Crippen LogP contribution in [0.25, 0.3) is 0 Å². The van der Waals surface area contributed by atoms with Crippen molar-refractivity contribution >= 4 is 30.9 Å². The van der Waals surface area contributed by atoms with Crippen LogP contribution in [0.1, 0.15) is 161 Å². The van der Waals surface area contributed by atoms with Gasteiger partial charge in [0, 0.05) is 32.4 Å². The average molecular weight is 769 g/mol. The zero-order valence-corrected chi connectivity index (χ0v) is 36.3. The molecule has 6 heteroatoms. The Hall–Kier alpha value is -0.508. The molecule has 2 aromatic rings. The van der Waals surface area contributed by atoms with E-state index in [-0.39, 0.29) is 36.9 Å². The molecule has 1 heterocycles. The number of halogens is 2. The molecule has 0 atom stereocenters. The molecule has 0 amide bonds. The number of rotatable bonds is 2. The number of benzene rings is 2. The number of ether oxygens (including phenoxy) is 1. The van der Waals surface area contributed by atoms with Crippen LogP contribution in [0.2, 0.25) is 0 Å². The molecule has 0 spiro atoms. The van der Waals surface area contributed by atoms with Crippen LogP contribution in [0.15, 0.2) is 24.3 Å². The van der Waals surface area contributed by atoms with Crippen molar-refractivity contribution in [1.82, 2.24) is 0 Å². The van der Waals surface area contributed by atoms with Crippen molar-refractivity contribution in [2.24, 2.45) is 0 Å². The molecule has 0 aliphatic carbocycles. The first kappa shape index (κ1) is 41.7. The molecule has 0 unspecified atom stereocenters. The molecule has 46 heavy (non-hydrogen) atoms. The molecule has 1 aliphatic rings. The third kappa shape index (κ3) is 9.38. The van der Waals surface area contributed by atoms with Gasteiger partial charge in [0.2, 0.25) is 0 Å². The first-order valence-electron chi connectivity index (χ1n) is 16.8. The Morgan fingerprint density at radius 1 is 0.543 bits per heavy atom. The fourth-order valence-electron chi connectivity index (χ4n) is 7.76. The molecule has 0 radical (unpaired) electrons. The van der Waals surface area contributed by atoms with Crippen LogP contribution < -0.4 is 15.3 Å². The predicted molar refractivity (Wildman–Crippen MR) is 205 cm³/mol. The maximum atomic E-state index is 10.2. The summed E-state index contributed by atoms with van der Waals surface area (Å²) in [6, 6.07) is 10.1. The Kier molecular flexibility index (Phi) is 12.1. The molecule has 0 aromatic heterocycles. The SMILES string of the molecule is CC(C)(C)c1cc([PH+](C(C)(C)C)C(C)(C)C)c2c(c1)C(C)(C)c1cc(C(C)(C)C)cc([PH+](C(C)(C)C)C(C)(C)C)c1O2.F[C](F)=[Pd].